The molecule has 0 spiro atoms. The third kappa shape index (κ3) is 4.45. The highest BCUT2D eigenvalue weighted by molar-refractivity contribution is 5.81. The fraction of sp³-hybridized carbons (Fsp3) is 0.235. The molecule has 0 aliphatic rings. The lowest BCUT2D eigenvalue weighted by Crippen LogP contribution is -1.95. The Bertz CT molecular complexity index is 784. The number of anilines is 1. The molecule has 0 bridgehead atoms. The van der Waals surface area contributed by atoms with E-state index < -0.39 is 0 Å². The Hall–Kier alpha value is -3.09. The van der Waals surface area contributed by atoms with Crippen molar-refractivity contribution in [3.63, 3.8) is 0 Å². The summed E-state index contributed by atoms with van der Waals surface area (Å²) in [6, 6.07) is 8.32. The van der Waals surface area contributed by atoms with Crippen LogP contribution in [0.4, 0.5) is 5.69 Å². The maximum atomic E-state index is 9.18. The topological polar surface area (TPSA) is 78.3 Å². The highest BCUT2D eigenvalue weighted by Crippen LogP contribution is 2.24. The molecule has 0 radical (unpaired) electrons. The molecule has 126 valence electrons. The van der Waals surface area contributed by atoms with Gasteiger partial charge in [-0.15, -0.1) is 0 Å². The lowest BCUT2D eigenvalue weighted by Gasteiger charge is -2.05. The number of benzene rings is 1. The molecule has 7 heteroatoms. The summed E-state index contributed by atoms with van der Waals surface area (Å²) in [7, 11) is 3.83. The highest BCUT2D eigenvalue weighted by Gasteiger charge is 2.03. The maximum Gasteiger partial charge on any atom is 0.322 e. The number of hydrogen-bond acceptors (Lipinski definition) is 6. The fourth-order valence-corrected chi connectivity index (χ4v) is 1.98. The number of nitrogens with zero attached hydrogens (tertiary/aromatic N) is 3. The average molecular weight is 328 g/mol. The molecule has 7 nitrogen and oxygen atoms in total. The van der Waals surface area contributed by atoms with Crippen LogP contribution in [0.25, 0.3) is 10.9 Å². The van der Waals surface area contributed by atoms with Crippen LogP contribution in [0.3, 0.4) is 0 Å². The number of nitrogens with one attached hydrogen (secondary N) is 1. The number of aryl methyl sites for hydroxylation is 1. The van der Waals surface area contributed by atoms with Crippen molar-refractivity contribution in [1.29, 1.82) is 0 Å². The van der Waals surface area contributed by atoms with E-state index in [2.05, 4.69) is 26.1 Å². The van der Waals surface area contributed by atoms with E-state index in [-0.39, 0.29) is 0 Å². The van der Waals surface area contributed by atoms with Crippen LogP contribution in [-0.4, -0.2) is 34.7 Å². The van der Waals surface area contributed by atoms with Crippen LogP contribution in [0.2, 0.25) is 0 Å². The summed E-state index contributed by atoms with van der Waals surface area (Å²) in [5.41, 5.74) is 1.97. The average Bonchev–Trinajstić information content (AvgIpc) is 2.98. The molecule has 3 rings (SSSR count). The Morgan fingerprint density at radius 3 is 2.58 bits per heavy atom. The molecular weight excluding hydrogens is 308 g/mol. The second kappa shape index (κ2) is 8.52. The van der Waals surface area contributed by atoms with Gasteiger partial charge in [-0.25, -0.2) is 9.97 Å². The summed E-state index contributed by atoms with van der Waals surface area (Å²) in [6.45, 7) is 2.66. The van der Waals surface area contributed by atoms with E-state index in [9.17, 15) is 4.79 Å². The van der Waals surface area contributed by atoms with Gasteiger partial charge in [0.2, 0.25) is 0 Å². The van der Waals surface area contributed by atoms with Gasteiger partial charge in [-0.05, 0) is 30.5 Å². The summed E-state index contributed by atoms with van der Waals surface area (Å²) in [5.74, 6) is 0.728. The predicted octanol–water partition coefficient (Wildman–Crippen LogP) is 2.98. The predicted molar refractivity (Wildman–Crippen MR) is 92.3 cm³/mol. The minimum Gasteiger partial charge on any atom is -0.468 e. The van der Waals surface area contributed by atoms with E-state index in [1.54, 1.807) is 19.3 Å². The van der Waals surface area contributed by atoms with E-state index in [4.69, 9.17) is 4.74 Å². The van der Waals surface area contributed by atoms with Gasteiger partial charge in [0, 0.05) is 26.4 Å². The van der Waals surface area contributed by atoms with Crippen LogP contribution >= 0.6 is 0 Å². The zero-order valence-corrected chi connectivity index (χ0v) is 13.9. The molecule has 2 aromatic heterocycles. The minimum atomic E-state index is 0.340. The smallest absolute Gasteiger partial charge is 0.322 e. The zero-order chi connectivity index (χ0) is 17.4. The van der Waals surface area contributed by atoms with Gasteiger partial charge in [-0.3, -0.25) is 4.79 Å². The summed E-state index contributed by atoms with van der Waals surface area (Å²) in [4.78, 5) is 17.4. The molecule has 0 saturated heterocycles. The van der Waals surface area contributed by atoms with Gasteiger partial charge in [0.15, 0.2) is 0 Å². The molecule has 0 saturated carbocycles. The van der Waals surface area contributed by atoms with Gasteiger partial charge in [-0.1, -0.05) is 0 Å². The Morgan fingerprint density at radius 2 is 2.00 bits per heavy atom. The van der Waals surface area contributed by atoms with Gasteiger partial charge >= 0.3 is 6.01 Å². The van der Waals surface area contributed by atoms with Crippen molar-refractivity contribution in [3.05, 3.63) is 42.9 Å². The van der Waals surface area contributed by atoms with E-state index >= 15 is 0 Å². The Morgan fingerprint density at radius 1 is 1.25 bits per heavy atom. The SMILES string of the molecule is CCOC=O.CNc1cnc(Oc2ccc3ccn(C)c3c2)nc1. The normalized spacial score (nSPS) is 9.79. The van der Waals surface area contributed by atoms with E-state index in [0.29, 0.717) is 19.1 Å². The molecule has 0 amide bonds. The van der Waals surface area contributed by atoms with Crippen LogP contribution < -0.4 is 10.1 Å². The molecule has 0 aliphatic heterocycles. The van der Waals surface area contributed by atoms with Crippen molar-refractivity contribution >= 4 is 23.1 Å². The lowest BCUT2D eigenvalue weighted by atomic mass is 10.2. The first kappa shape index (κ1) is 17.3. The number of ether oxygens (including phenoxy) is 2. The van der Waals surface area contributed by atoms with Gasteiger partial charge in [0.1, 0.15) is 5.75 Å². The zero-order valence-electron chi connectivity index (χ0n) is 13.9. The van der Waals surface area contributed by atoms with Crippen molar-refractivity contribution < 1.29 is 14.3 Å². The Balaban J connectivity index is 0.000000368. The van der Waals surface area contributed by atoms with Crippen molar-refractivity contribution in [2.24, 2.45) is 7.05 Å². The van der Waals surface area contributed by atoms with Crippen LogP contribution in [0.15, 0.2) is 42.9 Å². The largest absolute Gasteiger partial charge is 0.468 e. The summed E-state index contributed by atoms with van der Waals surface area (Å²) in [5, 5.41) is 4.14. The summed E-state index contributed by atoms with van der Waals surface area (Å²) >= 11 is 0. The van der Waals surface area contributed by atoms with Crippen molar-refractivity contribution in [2.75, 3.05) is 19.0 Å². The Labute approximate surface area is 140 Å². The molecule has 3 aromatic rings. The number of hydrogen-bond donors (Lipinski definition) is 1. The van der Waals surface area contributed by atoms with E-state index in [1.807, 2.05) is 43.1 Å². The molecular formula is C17H20N4O3. The number of carbonyl (C=O) groups is 1. The number of fused-ring (bicyclic) bond motifs is 1. The van der Waals surface area contributed by atoms with Gasteiger partial charge in [0.25, 0.3) is 6.47 Å². The van der Waals surface area contributed by atoms with Crippen LogP contribution in [0.1, 0.15) is 6.92 Å². The molecule has 0 unspecified atom stereocenters. The lowest BCUT2D eigenvalue weighted by molar-refractivity contribution is -0.128. The maximum absolute atomic E-state index is 9.18. The van der Waals surface area contributed by atoms with Gasteiger partial charge in [-0.2, -0.15) is 0 Å². The number of rotatable bonds is 5. The molecule has 0 aliphatic carbocycles. The quantitative estimate of drug-likeness (QED) is 0.726. The van der Waals surface area contributed by atoms with Crippen molar-refractivity contribution in [3.8, 4) is 11.8 Å². The van der Waals surface area contributed by atoms with Crippen molar-refractivity contribution in [2.45, 2.75) is 6.92 Å². The monoisotopic (exact) mass is 328 g/mol. The first-order valence-electron chi connectivity index (χ1n) is 7.46. The number of carbonyl (C=O) groups excluding carboxylic acids is 1. The minimum absolute atomic E-state index is 0.340. The second-order valence-corrected chi connectivity index (χ2v) is 4.81. The molecule has 0 fully saturated rings. The summed E-state index contributed by atoms with van der Waals surface area (Å²) < 4.78 is 11.8. The van der Waals surface area contributed by atoms with E-state index in [0.717, 1.165) is 17.0 Å². The molecule has 24 heavy (non-hydrogen) atoms. The molecule has 2 heterocycles. The van der Waals surface area contributed by atoms with Gasteiger partial charge < -0.3 is 19.4 Å². The van der Waals surface area contributed by atoms with Crippen LogP contribution in [0, 0.1) is 0 Å². The fourth-order valence-electron chi connectivity index (χ4n) is 1.98. The van der Waals surface area contributed by atoms with Crippen LogP contribution in [-0.2, 0) is 16.6 Å². The first-order chi connectivity index (χ1) is 11.7. The standard InChI is InChI=1S/C14H14N4O.C3H6O2/c1-15-11-8-16-14(17-9-11)19-12-4-3-10-5-6-18(2)13(10)7-12;1-2-5-3-4/h3-9,15H,1-2H3;3H,2H2,1H3. The highest BCUT2D eigenvalue weighted by atomic mass is 16.5. The van der Waals surface area contributed by atoms with Gasteiger partial charge in [0.05, 0.1) is 30.2 Å². The molecule has 1 aromatic carbocycles. The van der Waals surface area contributed by atoms with Crippen molar-refractivity contribution in [1.82, 2.24) is 14.5 Å². The summed E-state index contributed by atoms with van der Waals surface area (Å²) in [6.07, 6.45) is 5.39. The number of aromatic nitrogens is 3. The third-order valence-electron chi connectivity index (χ3n) is 3.22. The third-order valence-corrected chi connectivity index (χ3v) is 3.22. The van der Waals surface area contributed by atoms with E-state index in [1.165, 1.54) is 5.39 Å². The molecule has 1 N–H and O–H groups in total. The van der Waals surface area contributed by atoms with Crippen LogP contribution in [0.5, 0.6) is 11.8 Å². The first-order valence-corrected chi connectivity index (χ1v) is 7.46. The second-order valence-electron chi connectivity index (χ2n) is 4.81. The Kier molecular flexibility index (Phi) is 6.13. The molecule has 0 atom stereocenters.